The van der Waals surface area contributed by atoms with Gasteiger partial charge in [-0.1, -0.05) is 24.3 Å². The highest BCUT2D eigenvalue weighted by Crippen LogP contribution is 2.15. The van der Waals surface area contributed by atoms with Gasteiger partial charge in [0.1, 0.15) is 5.75 Å². The van der Waals surface area contributed by atoms with Crippen molar-refractivity contribution in [1.82, 2.24) is 10.4 Å². The van der Waals surface area contributed by atoms with E-state index >= 15 is 0 Å². The van der Waals surface area contributed by atoms with E-state index in [1.54, 1.807) is 0 Å². The average Bonchev–Trinajstić information content (AvgIpc) is 2.33. The molecule has 1 atom stereocenters. The van der Waals surface area contributed by atoms with Crippen molar-refractivity contribution in [1.29, 1.82) is 0 Å². The minimum atomic E-state index is 0.381. The zero-order valence-corrected chi connectivity index (χ0v) is 9.43. The minimum absolute atomic E-state index is 0.381. The molecule has 1 N–H and O–H groups in total. The van der Waals surface area contributed by atoms with Crippen LogP contribution >= 0.6 is 0 Å². The normalized spacial score (nSPS) is 21.6. The molecule has 1 aliphatic rings. The number of hydroxylamine groups is 2. The smallest absolute Gasteiger partial charge is 0.147 e. The molecule has 1 saturated heterocycles. The van der Waals surface area contributed by atoms with E-state index < -0.39 is 0 Å². The largest absolute Gasteiger partial charge is 0.406 e. The van der Waals surface area contributed by atoms with Gasteiger partial charge in [0.25, 0.3) is 0 Å². The quantitative estimate of drug-likeness (QED) is 0.780. The summed E-state index contributed by atoms with van der Waals surface area (Å²) >= 11 is 0. The average molecular weight is 218 g/mol. The van der Waals surface area contributed by atoms with Crippen molar-refractivity contribution in [2.45, 2.75) is 12.5 Å². The zero-order valence-electron chi connectivity index (χ0n) is 9.43. The fourth-order valence-electron chi connectivity index (χ4n) is 1.87. The summed E-state index contributed by atoms with van der Waals surface area (Å²) in [6, 6.07) is 10.3. The van der Waals surface area contributed by atoms with Crippen molar-refractivity contribution in [2.24, 2.45) is 0 Å². The van der Waals surface area contributed by atoms with Gasteiger partial charge in [0.15, 0.2) is 0 Å². The first-order chi connectivity index (χ1) is 7.90. The number of nitrogens with zero attached hydrogens (tertiary/aromatic N) is 1. The monoisotopic (exact) mass is 218 g/mol. The van der Waals surface area contributed by atoms with E-state index in [1.165, 1.54) is 0 Å². The zero-order chi connectivity index (χ0) is 11.2. The second kappa shape index (κ2) is 5.68. The maximum absolute atomic E-state index is 5.87. The third kappa shape index (κ3) is 2.84. The molecular weight excluding hydrogens is 200 g/mol. The van der Waals surface area contributed by atoms with Crippen LogP contribution in [0, 0.1) is 0 Å². The lowest BCUT2D eigenvalue weighted by Crippen LogP contribution is -2.52. The Kier molecular flexibility index (Phi) is 3.97. The van der Waals surface area contributed by atoms with Crippen molar-refractivity contribution in [3.8, 4) is 5.75 Å². The van der Waals surface area contributed by atoms with Crippen LogP contribution in [-0.2, 0) is 0 Å². The van der Waals surface area contributed by atoms with Gasteiger partial charge >= 0.3 is 0 Å². The maximum Gasteiger partial charge on any atom is 0.147 e. The van der Waals surface area contributed by atoms with Crippen LogP contribution in [0.15, 0.2) is 43.0 Å². The number of benzene rings is 1. The first-order valence-corrected chi connectivity index (χ1v) is 5.71. The summed E-state index contributed by atoms with van der Waals surface area (Å²) in [5.74, 6) is 0.901. The molecule has 0 spiro atoms. The standard InChI is InChI=1S/C13H18N2O/c1-2-6-12-11-14-9-10-15(12)16-13-7-4-3-5-8-13/h2-5,7-8,12,14H,1,6,9-11H2. The van der Waals surface area contributed by atoms with Gasteiger partial charge in [-0.2, -0.15) is 0 Å². The lowest BCUT2D eigenvalue weighted by molar-refractivity contribution is -0.105. The van der Waals surface area contributed by atoms with Crippen LogP contribution in [0.3, 0.4) is 0 Å². The van der Waals surface area contributed by atoms with Crippen LogP contribution in [-0.4, -0.2) is 30.7 Å². The van der Waals surface area contributed by atoms with Gasteiger partial charge in [0, 0.05) is 19.6 Å². The predicted octanol–water partition coefficient (Wildman–Crippen LogP) is 1.83. The Morgan fingerprint density at radius 3 is 3.00 bits per heavy atom. The summed E-state index contributed by atoms with van der Waals surface area (Å²) in [5.41, 5.74) is 0. The number of piperazine rings is 1. The topological polar surface area (TPSA) is 24.5 Å². The Labute approximate surface area is 96.7 Å². The SMILES string of the molecule is C=CCC1CNCCN1Oc1ccccc1. The first-order valence-electron chi connectivity index (χ1n) is 5.71. The fraction of sp³-hybridized carbons (Fsp3) is 0.385. The Morgan fingerprint density at radius 2 is 2.25 bits per heavy atom. The highest BCUT2D eigenvalue weighted by Gasteiger charge is 2.22. The molecule has 3 heteroatoms. The number of nitrogens with one attached hydrogen (secondary N) is 1. The molecule has 1 heterocycles. The van der Waals surface area contributed by atoms with Crippen LogP contribution in [0.5, 0.6) is 5.75 Å². The molecule has 1 aliphatic heterocycles. The molecule has 86 valence electrons. The molecule has 1 fully saturated rings. The van der Waals surface area contributed by atoms with Gasteiger partial charge in [-0.05, 0) is 18.6 Å². The van der Waals surface area contributed by atoms with E-state index in [0.717, 1.165) is 31.8 Å². The molecule has 16 heavy (non-hydrogen) atoms. The van der Waals surface area contributed by atoms with Crippen molar-refractivity contribution in [2.75, 3.05) is 19.6 Å². The summed E-state index contributed by atoms with van der Waals surface area (Å²) in [5, 5.41) is 5.42. The summed E-state index contributed by atoms with van der Waals surface area (Å²) in [6.07, 6.45) is 2.89. The predicted molar refractivity (Wildman–Crippen MR) is 65.2 cm³/mol. The lowest BCUT2D eigenvalue weighted by atomic mass is 10.1. The van der Waals surface area contributed by atoms with Crippen molar-refractivity contribution >= 4 is 0 Å². The highest BCUT2D eigenvalue weighted by molar-refractivity contribution is 5.20. The Hall–Kier alpha value is -1.32. The third-order valence-corrected chi connectivity index (χ3v) is 2.70. The number of hydrogen-bond donors (Lipinski definition) is 1. The van der Waals surface area contributed by atoms with Crippen LogP contribution in [0.2, 0.25) is 0 Å². The molecule has 2 rings (SSSR count). The first kappa shape index (κ1) is 11.2. The summed E-state index contributed by atoms with van der Waals surface area (Å²) in [4.78, 5) is 5.87. The van der Waals surface area contributed by atoms with Gasteiger partial charge in [-0.15, -0.1) is 11.6 Å². The molecule has 3 nitrogen and oxygen atoms in total. The summed E-state index contributed by atoms with van der Waals surface area (Å²) in [6.45, 7) is 6.63. The van der Waals surface area contributed by atoms with Gasteiger partial charge in [0.05, 0.1) is 6.04 Å². The highest BCUT2D eigenvalue weighted by atomic mass is 16.7. The molecule has 0 bridgehead atoms. The second-order valence-electron chi connectivity index (χ2n) is 3.93. The molecule has 0 aromatic heterocycles. The van der Waals surface area contributed by atoms with E-state index in [-0.39, 0.29) is 0 Å². The van der Waals surface area contributed by atoms with Crippen molar-refractivity contribution in [3.63, 3.8) is 0 Å². The van der Waals surface area contributed by atoms with Crippen molar-refractivity contribution in [3.05, 3.63) is 43.0 Å². The summed E-state index contributed by atoms with van der Waals surface area (Å²) in [7, 11) is 0. The molecule has 0 radical (unpaired) electrons. The molecule has 1 aromatic carbocycles. The third-order valence-electron chi connectivity index (χ3n) is 2.70. The van der Waals surface area contributed by atoms with Gasteiger partial charge < -0.3 is 10.2 Å². The Balaban J connectivity index is 1.98. The molecule has 0 saturated carbocycles. The molecular formula is C13H18N2O. The number of hydrogen-bond acceptors (Lipinski definition) is 3. The molecule has 1 unspecified atom stereocenters. The van der Waals surface area contributed by atoms with Crippen LogP contribution in [0.4, 0.5) is 0 Å². The van der Waals surface area contributed by atoms with E-state index in [9.17, 15) is 0 Å². The molecule has 0 aliphatic carbocycles. The van der Waals surface area contributed by atoms with Gasteiger partial charge in [-0.25, -0.2) is 0 Å². The van der Waals surface area contributed by atoms with E-state index in [4.69, 9.17) is 4.84 Å². The van der Waals surface area contributed by atoms with Gasteiger partial charge in [-0.3, -0.25) is 0 Å². The van der Waals surface area contributed by atoms with Crippen LogP contribution in [0.25, 0.3) is 0 Å². The molecule has 0 amide bonds. The van der Waals surface area contributed by atoms with Crippen molar-refractivity contribution < 1.29 is 4.84 Å². The van der Waals surface area contributed by atoms with Crippen LogP contribution < -0.4 is 10.2 Å². The Bertz CT molecular complexity index is 326. The van der Waals surface area contributed by atoms with Gasteiger partial charge in [0.2, 0.25) is 0 Å². The summed E-state index contributed by atoms with van der Waals surface area (Å²) < 4.78 is 0. The minimum Gasteiger partial charge on any atom is -0.406 e. The fourth-order valence-corrected chi connectivity index (χ4v) is 1.87. The Morgan fingerprint density at radius 1 is 1.44 bits per heavy atom. The van der Waals surface area contributed by atoms with E-state index in [0.29, 0.717) is 6.04 Å². The van der Waals surface area contributed by atoms with E-state index in [2.05, 4.69) is 11.9 Å². The second-order valence-corrected chi connectivity index (χ2v) is 3.93. The maximum atomic E-state index is 5.87. The molecule has 1 aromatic rings. The number of rotatable bonds is 4. The number of para-hydroxylation sites is 1. The van der Waals surface area contributed by atoms with E-state index in [1.807, 2.05) is 41.5 Å². The van der Waals surface area contributed by atoms with Crippen LogP contribution in [0.1, 0.15) is 6.42 Å². The lowest BCUT2D eigenvalue weighted by Gasteiger charge is -2.34.